The molecular formula is C25H43N3O. The van der Waals surface area contributed by atoms with Crippen LogP contribution in [0.2, 0.25) is 0 Å². The average molecular weight is 402 g/mol. The summed E-state index contributed by atoms with van der Waals surface area (Å²) in [5, 5.41) is 0. The van der Waals surface area contributed by atoms with Crippen molar-refractivity contribution >= 4 is 11.7 Å². The summed E-state index contributed by atoms with van der Waals surface area (Å²) in [6.45, 7) is 17.5. The Hall–Kier alpha value is -1.81. The standard InChI is InChI=1S/C19H29N3O.C4H8.C2H6/c1-4-19(11-14-20(2)3)15-22(17-10-6-5-9-16(17)19)18(23)21-12-7-8-13-21;1-4(2)3;1-2/h5-6,9-10H,4,7-8,11-15H2,1-3H3;1H2,2-3H3;1-2H3. The number of carbonyl (C=O) groups is 1. The Morgan fingerprint density at radius 2 is 1.69 bits per heavy atom. The predicted molar refractivity (Wildman–Crippen MR) is 127 cm³/mol. The van der Waals surface area contributed by atoms with Gasteiger partial charge in [-0.05, 0) is 71.8 Å². The van der Waals surface area contributed by atoms with Crippen LogP contribution in [0.1, 0.15) is 65.9 Å². The van der Waals surface area contributed by atoms with Gasteiger partial charge in [0.25, 0.3) is 0 Å². The van der Waals surface area contributed by atoms with Crippen molar-refractivity contribution in [2.24, 2.45) is 0 Å². The first-order chi connectivity index (χ1) is 13.8. The molecule has 1 saturated heterocycles. The number of likely N-dealkylation sites (tertiary alicyclic amines) is 1. The van der Waals surface area contributed by atoms with Gasteiger partial charge in [0, 0.05) is 30.7 Å². The van der Waals surface area contributed by atoms with Crippen molar-refractivity contribution in [1.29, 1.82) is 0 Å². The Morgan fingerprint density at radius 3 is 2.21 bits per heavy atom. The third-order valence-corrected chi connectivity index (χ3v) is 5.55. The number of para-hydroxylation sites is 1. The summed E-state index contributed by atoms with van der Waals surface area (Å²) in [4.78, 5) is 19.3. The summed E-state index contributed by atoms with van der Waals surface area (Å²) >= 11 is 0. The zero-order valence-corrected chi connectivity index (χ0v) is 19.9. The molecule has 0 N–H and O–H groups in total. The van der Waals surface area contributed by atoms with Gasteiger partial charge in [-0.15, -0.1) is 6.58 Å². The topological polar surface area (TPSA) is 26.8 Å². The molecule has 0 spiro atoms. The maximum Gasteiger partial charge on any atom is 0.324 e. The van der Waals surface area contributed by atoms with E-state index in [1.165, 1.54) is 11.1 Å². The van der Waals surface area contributed by atoms with Crippen LogP contribution in [0.5, 0.6) is 0 Å². The van der Waals surface area contributed by atoms with Gasteiger partial charge in [-0.3, -0.25) is 4.90 Å². The summed E-state index contributed by atoms with van der Waals surface area (Å²) in [6.07, 6.45) is 4.44. The van der Waals surface area contributed by atoms with E-state index in [9.17, 15) is 4.79 Å². The Bertz CT molecular complexity index is 645. The first-order valence-corrected chi connectivity index (χ1v) is 11.2. The molecule has 1 atom stereocenters. The normalized spacial score (nSPS) is 19.9. The molecule has 0 bridgehead atoms. The second-order valence-electron chi connectivity index (χ2n) is 8.47. The highest BCUT2D eigenvalue weighted by atomic mass is 16.2. The molecule has 0 aromatic heterocycles. The monoisotopic (exact) mass is 401 g/mol. The third-order valence-electron chi connectivity index (χ3n) is 5.55. The maximum absolute atomic E-state index is 13.0. The van der Waals surface area contributed by atoms with E-state index in [4.69, 9.17) is 0 Å². The zero-order chi connectivity index (χ0) is 22.0. The Kier molecular flexibility index (Phi) is 10.5. The zero-order valence-electron chi connectivity index (χ0n) is 19.9. The number of fused-ring (bicyclic) bond motifs is 1. The number of hydrogen-bond donors (Lipinski definition) is 0. The molecule has 0 saturated carbocycles. The van der Waals surface area contributed by atoms with Gasteiger partial charge < -0.3 is 9.80 Å². The molecule has 1 unspecified atom stereocenters. The highest BCUT2D eigenvalue weighted by Crippen LogP contribution is 2.45. The van der Waals surface area contributed by atoms with E-state index < -0.39 is 0 Å². The van der Waals surface area contributed by atoms with E-state index in [0.29, 0.717) is 0 Å². The van der Waals surface area contributed by atoms with Gasteiger partial charge in [0.05, 0.1) is 0 Å². The van der Waals surface area contributed by atoms with Crippen LogP contribution in [0.15, 0.2) is 36.4 Å². The van der Waals surface area contributed by atoms with Crippen LogP contribution in [-0.4, -0.2) is 56.1 Å². The van der Waals surface area contributed by atoms with Gasteiger partial charge >= 0.3 is 6.03 Å². The van der Waals surface area contributed by atoms with Gasteiger partial charge in [-0.25, -0.2) is 4.79 Å². The number of hydrogen-bond acceptors (Lipinski definition) is 2. The van der Waals surface area contributed by atoms with Crippen molar-refractivity contribution in [1.82, 2.24) is 9.80 Å². The van der Waals surface area contributed by atoms with E-state index >= 15 is 0 Å². The lowest BCUT2D eigenvalue weighted by molar-refractivity contribution is 0.213. The summed E-state index contributed by atoms with van der Waals surface area (Å²) in [5.74, 6) is 0. The van der Waals surface area contributed by atoms with Crippen LogP contribution in [-0.2, 0) is 5.41 Å². The molecule has 29 heavy (non-hydrogen) atoms. The molecule has 2 heterocycles. The fourth-order valence-corrected chi connectivity index (χ4v) is 4.01. The van der Waals surface area contributed by atoms with Crippen molar-refractivity contribution in [3.05, 3.63) is 42.0 Å². The average Bonchev–Trinajstić information content (AvgIpc) is 3.34. The largest absolute Gasteiger partial charge is 0.324 e. The molecule has 2 aliphatic rings. The number of benzene rings is 1. The molecule has 1 fully saturated rings. The van der Waals surface area contributed by atoms with E-state index in [2.05, 4.69) is 56.8 Å². The lowest BCUT2D eigenvalue weighted by atomic mass is 9.77. The quantitative estimate of drug-likeness (QED) is 0.585. The molecule has 164 valence electrons. The number of nitrogens with zero attached hydrogens (tertiary/aromatic N) is 3. The van der Waals surface area contributed by atoms with Gasteiger partial charge in [0.15, 0.2) is 0 Å². The van der Waals surface area contributed by atoms with Crippen molar-refractivity contribution in [3.8, 4) is 0 Å². The Morgan fingerprint density at radius 1 is 1.14 bits per heavy atom. The smallest absolute Gasteiger partial charge is 0.324 e. The summed E-state index contributed by atoms with van der Waals surface area (Å²) < 4.78 is 0. The van der Waals surface area contributed by atoms with Crippen molar-refractivity contribution < 1.29 is 4.79 Å². The number of anilines is 1. The SMILES string of the molecule is C=C(C)C.CC.CCC1(CCN(C)C)CN(C(=O)N2CCCC2)c2ccccc21. The summed E-state index contributed by atoms with van der Waals surface area (Å²) in [5.41, 5.74) is 3.75. The van der Waals surface area contributed by atoms with Crippen LogP contribution in [0.3, 0.4) is 0 Å². The number of rotatable bonds is 4. The van der Waals surface area contributed by atoms with Crippen LogP contribution in [0.4, 0.5) is 10.5 Å². The van der Waals surface area contributed by atoms with E-state index in [1.807, 2.05) is 37.5 Å². The molecular weight excluding hydrogens is 358 g/mol. The molecule has 0 radical (unpaired) electrons. The predicted octanol–water partition coefficient (Wildman–Crippen LogP) is 5.93. The summed E-state index contributed by atoms with van der Waals surface area (Å²) in [6, 6.07) is 8.72. The number of allylic oxidation sites excluding steroid dienone is 1. The fourth-order valence-electron chi connectivity index (χ4n) is 4.01. The molecule has 4 nitrogen and oxygen atoms in total. The second kappa shape index (κ2) is 12.0. The molecule has 0 aliphatic carbocycles. The minimum absolute atomic E-state index is 0.0935. The fraction of sp³-hybridized carbons (Fsp3) is 0.640. The lowest BCUT2D eigenvalue weighted by Crippen LogP contribution is -2.44. The highest BCUT2D eigenvalue weighted by Gasteiger charge is 2.44. The van der Waals surface area contributed by atoms with Gasteiger partial charge in [0.2, 0.25) is 0 Å². The van der Waals surface area contributed by atoms with Gasteiger partial charge in [-0.1, -0.05) is 44.5 Å². The highest BCUT2D eigenvalue weighted by molar-refractivity contribution is 5.95. The Labute approximate surface area is 179 Å². The first kappa shape index (κ1) is 25.2. The molecule has 2 aliphatic heterocycles. The van der Waals surface area contributed by atoms with Crippen molar-refractivity contribution in [2.45, 2.75) is 65.7 Å². The summed E-state index contributed by atoms with van der Waals surface area (Å²) in [7, 11) is 4.24. The first-order valence-electron chi connectivity index (χ1n) is 11.2. The van der Waals surface area contributed by atoms with Crippen LogP contribution < -0.4 is 4.90 Å². The van der Waals surface area contributed by atoms with E-state index in [-0.39, 0.29) is 11.4 Å². The van der Waals surface area contributed by atoms with Crippen molar-refractivity contribution in [2.75, 3.05) is 45.2 Å². The number of urea groups is 1. The minimum atomic E-state index is 0.0935. The molecule has 1 aromatic rings. The number of amides is 2. The second-order valence-corrected chi connectivity index (χ2v) is 8.47. The molecule has 1 aromatic carbocycles. The van der Waals surface area contributed by atoms with Gasteiger partial charge in [0.1, 0.15) is 0 Å². The van der Waals surface area contributed by atoms with Crippen LogP contribution >= 0.6 is 0 Å². The Balaban J connectivity index is 0.000000627. The van der Waals surface area contributed by atoms with E-state index in [0.717, 1.165) is 57.5 Å². The lowest BCUT2D eigenvalue weighted by Gasteiger charge is -2.31. The minimum Gasteiger partial charge on any atom is -0.324 e. The van der Waals surface area contributed by atoms with Crippen molar-refractivity contribution in [3.63, 3.8) is 0 Å². The molecule has 4 heteroatoms. The third kappa shape index (κ3) is 6.60. The molecule has 3 rings (SSSR count). The molecule has 2 amide bonds. The number of carbonyl (C=O) groups excluding carboxylic acids is 1. The maximum atomic E-state index is 13.0. The van der Waals surface area contributed by atoms with E-state index in [1.54, 1.807) is 0 Å². The van der Waals surface area contributed by atoms with Crippen LogP contribution in [0, 0.1) is 0 Å². The van der Waals surface area contributed by atoms with Crippen LogP contribution in [0.25, 0.3) is 0 Å². The van der Waals surface area contributed by atoms with Gasteiger partial charge in [-0.2, -0.15) is 0 Å².